The molecular formula is C8H10ClNO2S. The highest BCUT2D eigenvalue weighted by atomic mass is 35.5. The molecule has 0 aromatic carbocycles. The average molecular weight is 220 g/mol. The van der Waals surface area contributed by atoms with Gasteiger partial charge in [-0.05, 0) is 19.1 Å². The third-order valence-corrected chi connectivity index (χ3v) is 2.54. The van der Waals surface area contributed by atoms with Crippen molar-refractivity contribution in [3.05, 3.63) is 21.3 Å². The number of amides is 1. The van der Waals surface area contributed by atoms with E-state index < -0.39 is 6.09 Å². The normalized spacial score (nSPS) is 9.69. The van der Waals surface area contributed by atoms with Crippen LogP contribution < -0.4 is 5.32 Å². The Morgan fingerprint density at radius 2 is 2.46 bits per heavy atom. The Morgan fingerprint density at radius 3 is 3.00 bits per heavy atom. The van der Waals surface area contributed by atoms with Crippen LogP contribution in [-0.4, -0.2) is 12.7 Å². The molecular weight excluding hydrogens is 210 g/mol. The summed E-state index contributed by atoms with van der Waals surface area (Å²) in [5.41, 5.74) is 0. The van der Waals surface area contributed by atoms with Gasteiger partial charge < -0.3 is 10.1 Å². The second kappa shape index (κ2) is 5.09. The summed E-state index contributed by atoms with van der Waals surface area (Å²) in [5, 5.41) is 2.60. The van der Waals surface area contributed by atoms with Crippen molar-refractivity contribution in [1.82, 2.24) is 5.32 Å². The van der Waals surface area contributed by atoms with Crippen molar-refractivity contribution in [3.8, 4) is 0 Å². The molecule has 0 aliphatic heterocycles. The van der Waals surface area contributed by atoms with E-state index in [-0.39, 0.29) is 0 Å². The van der Waals surface area contributed by atoms with E-state index in [0.717, 1.165) is 9.21 Å². The van der Waals surface area contributed by atoms with Crippen molar-refractivity contribution in [2.24, 2.45) is 0 Å². The summed E-state index contributed by atoms with van der Waals surface area (Å²) in [7, 11) is 0. The molecule has 1 N–H and O–H groups in total. The first kappa shape index (κ1) is 10.3. The molecule has 0 bridgehead atoms. The van der Waals surface area contributed by atoms with E-state index in [2.05, 4.69) is 5.32 Å². The Kier molecular flexibility index (Phi) is 4.05. The van der Waals surface area contributed by atoms with Crippen LogP contribution in [0.1, 0.15) is 11.8 Å². The highest BCUT2D eigenvalue weighted by molar-refractivity contribution is 7.16. The molecule has 72 valence electrons. The molecule has 13 heavy (non-hydrogen) atoms. The molecule has 0 fully saturated rings. The number of rotatable bonds is 3. The molecule has 0 radical (unpaired) electrons. The maximum absolute atomic E-state index is 10.9. The van der Waals surface area contributed by atoms with Gasteiger partial charge in [-0.2, -0.15) is 0 Å². The third kappa shape index (κ3) is 3.65. The molecule has 1 rings (SSSR count). The van der Waals surface area contributed by atoms with Crippen molar-refractivity contribution in [1.29, 1.82) is 0 Å². The lowest BCUT2D eigenvalue weighted by molar-refractivity contribution is 0.152. The van der Waals surface area contributed by atoms with Gasteiger partial charge in [0.25, 0.3) is 0 Å². The summed E-state index contributed by atoms with van der Waals surface area (Å²) in [6.45, 7) is 2.62. The Labute approximate surface area is 85.7 Å². The van der Waals surface area contributed by atoms with Crippen molar-refractivity contribution in [2.75, 3.05) is 6.61 Å². The predicted molar refractivity (Wildman–Crippen MR) is 53.2 cm³/mol. The first-order valence-corrected chi connectivity index (χ1v) is 5.06. The number of carbonyl (C=O) groups excluding carboxylic acids is 1. The van der Waals surface area contributed by atoms with Gasteiger partial charge in [0.1, 0.15) is 0 Å². The molecule has 1 aromatic rings. The monoisotopic (exact) mass is 219 g/mol. The van der Waals surface area contributed by atoms with Crippen LogP contribution in [0.15, 0.2) is 12.1 Å². The second-order valence-corrected chi connectivity index (χ2v) is 4.08. The second-order valence-electron chi connectivity index (χ2n) is 2.28. The van der Waals surface area contributed by atoms with Gasteiger partial charge in [-0.15, -0.1) is 11.3 Å². The van der Waals surface area contributed by atoms with E-state index >= 15 is 0 Å². The summed E-state index contributed by atoms with van der Waals surface area (Å²) in [4.78, 5) is 11.9. The van der Waals surface area contributed by atoms with Gasteiger partial charge in [-0.3, -0.25) is 0 Å². The molecule has 0 atom stereocenters. The zero-order chi connectivity index (χ0) is 9.68. The van der Waals surface area contributed by atoms with E-state index in [9.17, 15) is 4.79 Å². The summed E-state index contributed by atoms with van der Waals surface area (Å²) in [5.74, 6) is 0. The first-order valence-electron chi connectivity index (χ1n) is 3.87. The minimum absolute atomic E-state index is 0.386. The molecule has 3 nitrogen and oxygen atoms in total. The van der Waals surface area contributed by atoms with Gasteiger partial charge >= 0.3 is 6.09 Å². The molecule has 0 aliphatic carbocycles. The highest BCUT2D eigenvalue weighted by Crippen LogP contribution is 2.20. The zero-order valence-corrected chi connectivity index (χ0v) is 8.74. The van der Waals surface area contributed by atoms with E-state index in [0.29, 0.717) is 13.2 Å². The number of hydrogen-bond acceptors (Lipinski definition) is 3. The van der Waals surface area contributed by atoms with Crippen LogP contribution in [0.5, 0.6) is 0 Å². The minimum atomic E-state index is -0.396. The lowest BCUT2D eigenvalue weighted by Gasteiger charge is -2.02. The average Bonchev–Trinajstić information content (AvgIpc) is 2.49. The Balaban J connectivity index is 2.30. The zero-order valence-electron chi connectivity index (χ0n) is 7.17. The number of ether oxygens (including phenoxy) is 1. The lowest BCUT2D eigenvalue weighted by atomic mass is 10.5. The van der Waals surface area contributed by atoms with E-state index in [1.165, 1.54) is 11.3 Å². The minimum Gasteiger partial charge on any atom is -0.450 e. The predicted octanol–water partition coefficient (Wildman–Crippen LogP) is 2.65. The fourth-order valence-corrected chi connectivity index (χ4v) is 1.82. The van der Waals surface area contributed by atoms with E-state index in [4.69, 9.17) is 16.3 Å². The fraction of sp³-hybridized carbons (Fsp3) is 0.375. The number of thiophene rings is 1. The maximum Gasteiger partial charge on any atom is 0.407 e. The van der Waals surface area contributed by atoms with Crippen LogP contribution in [0.3, 0.4) is 0 Å². The quantitative estimate of drug-likeness (QED) is 0.849. The maximum atomic E-state index is 10.9. The third-order valence-electron chi connectivity index (χ3n) is 1.31. The SMILES string of the molecule is CCOC(=O)NCc1ccc(Cl)s1. The molecule has 1 amide bonds. The van der Waals surface area contributed by atoms with Crippen LogP contribution in [0.25, 0.3) is 0 Å². The van der Waals surface area contributed by atoms with Crippen molar-refractivity contribution >= 4 is 29.0 Å². The molecule has 0 aliphatic rings. The van der Waals surface area contributed by atoms with Crippen LogP contribution >= 0.6 is 22.9 Å². The van der Waals surface area contributed by atoms with Gasteiger partial charge in [-0.25, -0.2) is 4.79 Å². The number of halogens is 1. The van der Waals surface area contributed by atoms with Crippen LogP contribution in [0.2, 0.25) is 4.34 Å². The van der Waals surface area contributed by atoms with Gasteiger partial charge in [0, 0.05) is 4.88 Å². The Bertz CT molecular complexity index is 287. The fourth-order valence-electron chi connectivity index (χ4n) is 0.788. The van der Waals surface area contributed by atoms with Crippen LogP contribution in [0, 0.1) is 0 Å². The van der Waals surface area contributed by atoms with Crippen molar-refractivity contribution < 1.29 is 9.53 Å². The summed E-state index contributed by atoms with van der Waals surface area (Å²) in [6.07, 6.45) is -0.396. The van der Waals surface area contributed by atoms with Gasteiger partial charge in [-0.1, -0.05) is 11.6 Å². The summed E-state index contributed by atoms with van der Waals surface area (Å²) in [6, 6.07) is 3.67. The van der Waals surface area contributed by atoms with E-state index in [1.54, 1.807) is 13.0 Å². The molecule has 0 unspecified atom stereocenters. The largest absolute Gasteiger partial charge is 0.450 e. The van der Waals surface area contributed by atoms with E-state index in [1.807, 2.05) is 6.07 Å². The molecule has 0 saturated carbocycles. The number of alkyl carbamates (subject to hydrolysis) is 1. The number of nitrogens with one attached hydrogen (secondary N) is 1. The molecule has 0 saturated heterocycles. The van der Waals surface area contributed by atoms with Crippen LogP contribution in [0.4, 0.5) is 4.79 Å². The smallest absolute Gasteiger partial charge is 0.407 e. The summed E-state index contributed by atoms with van der Waals surface area (Å²) >= 11 is 7.15. The molecule has 1 heterocycles. The molecule has 1 aromatic heterocycles. The van der Waals surface area contributed by atoms with Gasteiger partial charge in [0.15, 0.2) is 0 Å². The number of hydrogen-bond donors (Lipinski definition) is 1. The molecule has 5 heteroatoms. The first-order chi connectivity index (χ1) is 6.22. The Morgan fingerprint density at radius 1 is 1.69 bits per heavy atom. The Hall–Kier alpha value is -0.740. The lowest BCUT2D eigenvalue weighted by Crippen LogP contribution is -2.23. The van der Waals surface area contributed by atoms with Gasteiger partial charge in [0.2, 0.25) is 0 Å². The highest BCUT2D eigenvalue weighted by Gasteiger charge is 2.01. The van der Waals surface area contributed by atoms with Crippen LogP contribution in [-0.2, 0) is 11.3 Å². The standard InChI is InChI=1S/C8H10ClNO2S/c1-2-12-8(11)10-5-6-3-4-7(9)13-6/h3-4H,2,5H2,1H3,(H,10,11). The topological polar surface area (TPSA) is 38.3 Å². The number of carbonyl (C=O) groups is 1. The van der Waals surface area contributed by atoms with Gasteiger partial charge in [0.05, 0.1) is 17.5 Å². The summed E-state index contributed by atoms with van der Waals surface area (Å²) < 4.78 is 5.41. The van der Waals surface area contributed by atoms with Crippen molar-refractivity contribution in [3.63, 3.8) is 0 Å². The molecule has 0 spiro atoms. The van der Waals surface area contributed by atoms with Crippen molar-refractivity contribution in [2.45, 2.75) is 13.5 Å².